The van der Waals surface area contributed by atoms with Gasteiger partial charge in [0.1, 0.15) is 0 Å². The van der Waals surface area contributed by atoms with Gasteiger partial charge < -0.3 is 4.74 Å². The Morgan fingerprint density at radius 2 is 2.38 bits per heavy atom. The summed E-state index contributed by atoms with van der Waals surface area (Å²) in [5.74, 6) is -0.332. The van der Waals surface area contributed by atoms with E-state index in [1.54, 1.807) is 6.92 Å². The predicted molar refractivity (Wildman–Crippen MR) is 30.1 cm³/mol. The maximum atomic E-state index is 10.1. The van der Waals surface area contributed by atoms with Crippen LogP contribution in [-0.2, 0) is 9.53 Å². The van der Waals surface area contributed by atoms with Gasteiger partial charge in [0.15, 0.2) is 0 Å². The van der Waals surface area contributed by atoms with Gasteiger partial charge in [-0.3, -0.25) is 4.79 Å². The van der Waals surface area contributed by atoms with E-state index in [1.807, 2.05) is 0 Å². The van der Waals surface area contributed by atoms with E-state index in [2.05, 4.69) is 4.74 Å². The van der Waals surface area contributed by atoms with Crippen molar-refractivity contribution in [1.29, 1.82) is 0 Å². The molecule has 0 aliphatic rings. The number of rotatable bonds is 2. The summed E-state index contributed by atoms with van der Waals surface area (Å²) in [6.07, 6.45) is 0. The summed E-state index contributed by atoms with van der Waals surface area (Å²) in [4.78, 5) is 10.1. The molecule has 0 bridgehead atoms. The van der Waals surface area contributed by atoms with Crippen molar-refractivity contribution in [2.45, 2.75) is 13.8 Å². The Morgan fingerprint density at radius 1 is 1.88 bits per heavy atom. The summed E-state index contributed by atoms with van der Waals surface area (Å²) < 4.78 is 4.54. The van der Waals surface area contributed by atoms with Crippen molar-refractivity contribution in [1.82, 2.24) is 0 Å². The second kappa shape index (κ2) is 3.47. The zero-order chi connectivity index (χ0) is 6.57. The Kier molecular flexibility index (Phi) is 3.24. The molecule has 0 aromatic heterocycles. The SMILES string of the molecule is [CH][C@@H](C)COC(C)=O. The summed E-state index contributed by atoms with van der Waals surface area (Å²) in [6.45, 7) is 8.72. The van der Waals surface area contributed by atoms with E-state index in [0.717, 1.165) is 0 Å². The van der Waals surface area contributed by atoms with Crippen molar-refractivity contribution >= 4 is 5.97 Å². The number of hydrogen-bond acceptors (Lipinski definition) is 2. The zero-order valence-corrected chi connectivity index (χ0v) is 5.18. The first-order chi connectivity index (χ1) is 3.63. The Bertz CT molecular complexity index is 76.6. The van der Waals surface area contributed by atoms with Gasteiger partial charge in [-0.1, -0.05) is 6.92 Å². The number of hydrogen-bond donors (Lipinski definition) is 0. The Labute approximate surface area is 49.8 Å². The zero-order valence-electron chi connectivity index (χ0n) is 5.18. The molecule has 0 N–H and O–H groups in total. The molecule has 0 amide bonds. The third-order valence-electron chi connectivity index (χ3n) is 0.549. The van der Waals surface area contributed by atoms with Gasteiger partial charge in [-0.25, -0.2) is 0 Å². The standard InChI is InChI=1S/C6H10O2/c1-5(2)4-8-6(3)7/h1,5H,4H2,2-3H3/t5-/m0/s1. The Morgan fingerprint density at radius 3 is 2.50 bits per heavy atom. The van der Waals surface area contributed by atoms with Gasteiger partial charge in [0.2, 0.25) is 0 Å². The van der Waals surface area contributed by atoms with Crippen LogP contribution in [0, 0.1) is 12.8 Å². The fraction of sp³-hybridized carbons (Fsp3) is 0.667. The van der Waals surface area contributed by atoms with Crippen LogP contribution in [0.2, 0.25) is 0 Å². The van der Waals surface area contributed by atoms with Gasteiger partial charge in [-0.05, 0) is 12.8 Å². The minimum absolute atomic E-state index is 0.0566. The lowest BCUT2D eigenvalue weighted by molar-refractivity contribution is -0.141. The van der Waals surface area contributed by atoms with E-state index in [-0.39, 0.29) is 11.9 Å². The van der Waals surface area contributed by atoms with Crippen LogP contribution in [0.5, 0.6) is 0 Å². The molecule has 0 aromatic rings. The van der Waals surface area contributed by atoms with Crippen LogP contribution in [0.3, 0.4) is 0 Å². The normalized spacial score (nSPS) is 9.50. The first-order valence-corrected chi connectivity index (χ1v) is 2.52. The molecule has 46 valence electrons. The maximum Gasteiger partial charge on any atom is 0.302 e. The highest BCUT2D eigenvalue weighted by atomic mass is 16.5. The van der Waals surface area contributed by atoms with Gasteiger partial charge in [0.05, 0.1) is 6.61 Å². The highest BCUT2D eigenvalue weighted by molar-refractivity contribution is 5.65. The minimum Gasteiger partial charge on any atom is -0.466 e. The number of esters is 1. The van der Waals surface area contributed by atoms with Gasteiger partial charge in [0, 0.05) is 6.92 Å². The molecule has 0 fully saturated rings. The number of carbonyl (C=O) groups is 1. The molecule has 1 atom stereocenters. The number of ether oxygens (including phenoxy) is 1. The smallest absolute Gasteiger partial charge is 0.302 e. The predicted octanol–water partition coefficient (Wildman–Crippen LogP) is 0.897. The van der Waals surface area contributed by atoms with E-state index in [0.29, 0.717) is 6.61 Å². The first kappa shape index (κ1) is 7.47. The molecular weight excluding hydrogens is 104 g/mol. The van der Waals surface area contributed by atoms with Crippen molar-refractivity contribution in [2.75, 3.05) is 6.61 Å². The van der Waals surface area contributed by atoms with Crippen molar-refractivity contribution in [3.63, 3.8) is 0 Å². The quantitative estimate of drug-likeness (QED) is 0.498. The van der Waals surface area contributed by atoms with Crippen molar-refractivity contribution < 1.29 is 9.53 Å². The first-order valence-electron chi connectivity index (χ1n) is 2.52. The summed E-state index contributed by atoms with van der Waals surface area (Å²) in [6, 6.07) is 0. The van der Waals surface area contributed by atoms with Crippen molar-refractivity contribution in [3.8, 4) is 0 Å². The van der Waals surface area contributed by atoms with Crippen LogP contribution < -0.4 is 0 Å². The molecule has 2 nitrogen and oxygen atoms in total. The molecule has 0 aromatic carbocycles. The summed E-state index contributed by atoms with van der Waals surface area (Å²) in [5, 5.41) is 0. The Balaban J connectivity index is 3.05. The molecule has 2 radical (unpaired) electrons. The fourth-order valence-corrected chi connectivity index (χ4v) is 0.249. The second-order valence-corrected chi connectivity index (χ2v) is 1.78. The molecule has 0 aliphatic carbocycles. The lowest BCUT2D eigenvalue weighted by Crippen LogP contribution is -2.05. The van der Waals surface area contributed by atoms with Gasteiger partial charge in [-0.15, -0.1) is 0 Å². The van der Waals surface area contributed by atoms with E-state index in [9.17, 15) is 4.79 Å². The van der Waals surface area contributed by atoms with E-state index >= 15 is 0 Å². The summed E-state index contributed by atoms with van der Waals surface area (Å²) in [7, 11) is 0. The monoisotopic (exact) mass is 114 g/mol. The summed E-state index contributed by atoms with van der Waals surface area (Å²) >= 11 is 0. The lowest BCUT2D eigenvalue weighted by atomic mass is 10.2. The second-order valence-electron chi connectivity index (χ2n) is 1.78. The van der Waals surface area contributed by atoms with Crippen molar-refractivity contribution in [2.24, 2.45) is 5.92 Å². The Hall–Kier alpha value is -0.530. The highest BCUT2D eigenvalue weighted by Gasteiger charge is 1.94. The van der Waals surface area contributed by atoms with E-state index in [4.69, 9.17) is 6.92 Å². The lowest BCUT2D eigenvalue weighted by Gasteiger charge is -2.02. The van der Waals surface area contributed by atoms with Gasteiger partial charge in [0.25, 0.3) is 0 Å². The maximum absolute atomic E-state index is 10.1. The van der Waals surface area contributed by atoms with Crippen LogP contribution in [0.4, 0.5) is 0 Å². The fourth-order valence-electron chi connectivity index (χ4n) is 0.249. The van der Waals surface area contributed by atoms with Crippen molar-refractivity contribution in [3.05, 3.63) is 6.92 Å². The largest absolute Gasteiger partial charge is 0.466 e. The average molecular weight is 114 g/mol. The number of carbonyl (C=O) groups excluding carboxylic acids is 1. The van der Waals surface area contributed by atoms with Crippen LogP contribution in [0.15, 0.2) is 0 Å². The van der Waals surface area contributed by atoms with Crippen LogP contribution in [0.1, 0.15) is 13.8 Å². The minimum atomic E-state index is -0.276. The van der Waals surface area contributed by atoms with E-state index in [1.165, 1.54) is 6.92 Å². The average Bonchev–Trinajstić information content (AvgIpc) is 1.61. The molecule has 0 spiro atoms. The summed E-state index contributed by atoms with van der Waals surface area (Å²) in [5.41, 5.74) is 0. The third-order valence-corrected chi connectivity index (χ3v) is 0.549. The van der Waals surface area contributed by atoms with Gasteiger partial charge >= 0.3 is 5.97 Å². The molecular formula is C6H10O2. The van der Waals surface area contributed by atoms with E-state index < -0.39 is 0 Å². The van der Waals surface area contributed by atoms with Crippen LogP contribution >= 0.6 is 0 Å². The van der Waals surface area contributed by atoms with Crippen LogP contribution in [0.25, 0.3) is 0 Å². The van der Waals surface area contributed by atoms with Crippen LogP contribution in [-0.4, -0.2) is 12.6 Å². The molecule has 0 unspecified atom stereocenters. The molecule has 0 rings (SSSR count). The molecule has 0 saturated heterocycles. The topological polar surface area (TPSA) is 26.3 Å². The van der Waals surface area contributed by atoms with Gasteiger partial charge in [-0.2, -0.15) is 0 Å². The highest BCUT2D eigenvalue weighted by Crippen LogP contribution is 1.90. The molecule has 0 aliphatic heterocycles. The molecule has 8 heavy (non-hydrogen) atoms. The molecule has 2 heteroatoms. The third kappa shape index (κ3) is 5.47. The molecule has 0 saturated carbocycles. The molecule has 0 heterocycles.